The highest BCUT2D eigenvalue weighted by molar-refractivity contribution is 5.69. The number of aryl methyl sites for hydroxylation is 1. The smallest absolute Gasteiger partial charge is 0.409 e. The van der Waals surface area contributed by atoms with E-state index in [2.05, 4.69) is 0 Å². The van der Waals surface area contributed by atoms with Crippen LogP contribution in [0.4, 0.5) is 4.79 Å². The van der Waals surface area contributed by atoms with Crippen LogP contribution < -0.4 is 0 Å². The molecule has 0 bridgehead atoms. The summed E-state index contributed by atoms with van der Waals surface area (Å²) in [5, 5.41) is 10.5. The summed E-state index contributed by atoms with van der Waals surface area (Å²) in [5.74, 6) is 0. The maximum absolute atomic E-state index is 11.7. The monoisotopic (exact) mass is 263 g/mol. The summed E-state index contributed by atoms with van der Waals surface area (Å²) in [6.07, 6.45) is 1.55. The highest BCUT2D eigenvalue weighted by atomic mass is 16.6. The fraction of sp³-hybridized carbons (Fsp3) is 0.533. The largest absolute Gasteiger partial charge is 0.449 e. The van der Waals surface area contributed by atoms with Crippen molar-refractivity contribution in [2.75, 3.05) is 19.7 Å². The van der Waals surface area contributed by atoms with Crippen LogP contribution in [0, 0.1) is 6.92 Å². The van der Waals surface area contributed by atoms with Gasteiger partial charge in [0.1, 0.15) is 5.60 Å². The van der Waals surface area contributed by atoms with Gasteiger partial charge in [0, 0.05) is 0 Å². The summed E-state index contributed by atoms with van der Waals surface area (Å²) >= 11 is 0. The summed E-state index contributed by atoms with van der Waals surface area (Å²) in [6, 6.07) is 7.73. The standard InChI is InChI=1S/C15H21NO3/c1-3-4-9-19-14(17)16-10-15(18,11-16)13-8-6-5-7-12(13)2/h5-8,18H,3-4,9-11H2,1-2H3. The number of rotatable bonds is 4. The van der Waals surface area contributed by atoms with Crippen LogP contribution >= 0.6 is 0 Å². The Morgan fingerprint density at radius 2 is 2.11 bits per heavy atom. The average molecular weight is 263 g/mol. The molecule has 1 aromatic rings. The van der Waals surface area contributed by atoms with Crippen LogP contribution in [0.15, 0.2) is 24.3 Å². The van der Waals surface area contributed by atoms with Gasteiger partial charge in [-0.25, -0.2) is 4.79 Å². The van der Waals surface area contributed by atoms with Crippen molar-refractivity contribution < 1.29 is 14.6 Å². The Balaban J connectivity index is 1.91. The number of β-amino-alcohol motifs (C(OH)–C–C–N with tert-alkyl or cyclic N) is 1. The molecule has 0 atom stereocenters. The Kier molecular flexibility index (Phi) is 4.10. The van der Waals surface area contributed by atoms with E-state index in [1.807, 2.05) is 38.1 Å². The molecule has 1 amide bonds. The molecule has 1 heterocycles. The van der Waals surface area contributed by atoms with E-state index in [0.29, 0.717) is 19.7 Å². The Hall–Kier alpha value is -1.55. The van der Waals surface area contributed by atoms with Crippen molar-refractivity contribution in [2.45, 2.75) is 32.3 Å². The van der Waals surface area contributed by atoms with Gasteiger partial charge in [0.25, 0.3) is 0 Å². The third kappa shape index (κ3) is 2.89. The number of amides is 1. The molecule has 0 aromatic heterocycles. The molecule has 0 spiro atoms. The Morgan fingerprint density at radius 1 is 1.42 bits per heavy atom. The summed E-state index contributed by atoms with van der Waals surface area (Å²) in [7, 11) is 0. The van der Waals surface area contributed by atoms with Gasteiger partial charge in [0.15, 0.2) is 0 Å². The van der Waals surface area contributed by atoms with Gasteiger partial charge in [0.2, 0.25) is 0 Å². The molecule has 4 heteroatoms. The average Bonchev–Trinajstić information content (AvgIpc) is 2.36. The minimum Gasteiger partial charge on any atom is -0.449 e. The zero-order valence-electron chi connectivity index (χ0n) is 11.6. The van der Waals surface area contributed by atoms with Gasteiger partial charge in [-0.1, -0.05) is 37.6 Å². The quantitative estimate of drug-likeness (QED) is 0.849. The zero-order valence-corrected chi connectivity index (χ0v) is 11.6. The van der Waals surface area contributed by atoms with Crippen LogP contribution in [0.3, 0.4) is 0 Å². The third-order valence-corrected chi connectivity index (χ3v) is 3.53. The highest BCUT2D eigenvalue weighted by Crippen LogP contribution is 2.33. The van der Waals surface area contributed by atoms with E-state index >= 15 is 0 Å². The zero-order chi connectivity index (χ0) is 13.9. The lowest BCUT2D eigenvalue weighted by atomic mass is 9.84. The molecule has 0 aliphatic carbocycles. The lowest BCUT2D eigenvalue weighted by molar-refractivity contribution is -0.0945. The molecular weight excluding hydrogens is 242 g/mol. The molecule has 1 aliphatic rings. The summed E-state index contributed by atoms with van der Waals surface area (Å²) in [5.41, 5.74) is 1.02. The number of unbranched alkanes of at least 4 members (excludes halogenated alkanes) is 1. The second-order valence-electron chi connectivity index (χ2n) is 5.17. The summed E-state index contributed by atoms with van der Waals surface area (Å²) in [4.78, 5) is 13.2. The molecule has 19 heavy (non-hydrogen) atoms. The van der Waals surface area contributed by atoms with E-state index in [0.717, 1.165) is 24.0 Å². The van der Waals surface area contributed by atoms with E-state index in [-0.39, 0.29) is 6.09 Å². The molecule has 0 saturated carbocycles. The van der Waals surface area contributed by atoms with Gasteiger partial charge < -0.3 is 14.7 Å². The maximum atomic E-state index is 11.7. The number of likely N-dealkylation sites (tertiary alicyclic amines) is 1. The molecule has 4 nitrogen and oxygen atoms in total. The second-order valence-corrected chi connectivity index (χ2v) is 5.17. The van der Waals surface area contributed by atoms with E-state index in [9.17, 15) is 9.90 Å². The normalized spacial score (nSPS) is 16.9. The Bertz CT molecular complexity index is 452. The molecule has 104 valence electrons. The topological polar surface area (TPSA) is 49.8 Å². The van der Waals surface area contributed by atoms with E-state index < -0.39 is 5.60 Å². The number of ether oxygens (including phenoxy) is 1. The van der Waals surface area contributed by atoms with Crippen LogP contribution in [0.25, 0.3) is 0 Å². The molecule has 0 radical (unpaired) electrons. The predicted molar refractivity (Wildman–Crippen MR) is 72.9 cm³/mol. The first-order valence-electron chi connectivity index (χ1n) is 6.77. The van der Waals surface area contributed by atoms with Crippen LogP contribution in [-0.2, 0) is 10.3 Å². The van der Waals surface area contributed by atoms with Gasteiger partial charge in [-0.05, 0) is 24.5 Å². The first-order valence-corrected chi connectivity index (χ1v) is 6.77. The highest BCUT2D eigenvalue weighted by Gasteiger charge is 2.46. The molecule has 1 N–H and O–H groups in total. The molecular formula is C15H21NO3. The minimum absolute atomic E-state index is 0.308. The Labute approximate surface area is 114 Å². The molecule has 0 unspecified atom stereocenters. The van der Waals surface area contributed by atoms with Crippen molar-refractivity contribution >= 4 is 6.09 Å². The third-order valence-electron chi connectivity index (χ3n) is 3.53. The minimum atomic E-state index is -0.922. The number of hydrogen-bond acceptors (Lipinski definition) is 3. The first kappa shape index (κ1) is 13.9. The van der Waals surface area contributed by atoms with Gasteiger partial charge in [-0.2, -0.15) is 0 Å². The molecule has 1 aliphatic heterocycles. The van der Waals surface area contributed by atoms with Crippen molar-refractivity contribution in [1.29, 1.82) is 0 Å². The number of aliphatic hydroxyl groups is 1. The van der Waals surface area contributed by atoms with E-state index in [1.54, 1.807) is 4.90 Å². The summed E-state index contributed by atoms with van der Waals surface area (Å²) in [6.45, 7) is 5.09. The number of carbonyl (C=O) groups excluding carboxylic acids is 1. The second kappa shape index (κ2) is 5.61. The van der Waals surface area contributed by atoms with Gasteiger partial charge in [-0.15, -0.1) is 0 Å². The van der Waals surface area contributed by atoms with Crippen molar-refractivity contribution in [3.8, 4) is 0 Å². The molecule has 1 saturated heterocycles. The van der Waals surface area contributed by atoms with E-state index in [1.165, 1.54) is 0 Å². The lowest BCUT2D eigenvalue weighted by Crippen LogP contribution is -2.61. The first-order chi connectivity index (χ1) is 9.07. The van der Waals surface area contributed by atoms with Crippen molar-refractivity contribution in [3.05, 3.63) is 35.4 Å². The fourth-order valence-electron chi connectivity index (χ4n) is 2.37. The van der Waals surface area contributed by atoms with Crippen molar-refractivity contribution in [3.63, 3.8) is 0 Å². The maximum Gasteiger partial charge on any atom is 0.409 e. The molecule has 2 rings (SSSR count). The van der Waals surface area contributed by atoms with Crippen LogP contribution in [0.2, 0.25) is 0 Å². The fourth-order valence-corrected chi connectivity index (χ4v) is 2.37. The van der Waals surface area contributed by atoms with Crippen LogP contribution in [-0.4, -0.2) is 35.8 Å². The predicted octanol–water partition coefficient (Wildman–Crippen LogP) is 2.43. The SMILES string of the molecule is CCCCOC(=O)N1CC(O)(c2ccccc2C)C1. The number of nitrogens with zero attached hydrogens (tertiary/aromatic N) is 1. The van der Waals surface area contributed by atoms with Crippen molar-refractivity contribution in [2.24, 2.45) is 0 Å². The number of carbonyl (C=O) groups is 1. The number of hydrogen-bond donors (Lipinski definition) is 1. The van der Waals surface area contributed by atoms with Crippen LogP contribution in [0.5, 0.6) is 0 Å². The van der Waals surface area contributed by atoms with E-state index in [4.69, 9.17) is 4.74 Å². The van der Waals surface area contributed by atoms with Gasteiger partial charge in [0.05, 0.1) is 19.7 Å². The van der Waals surface area contributed by atoms with Crippen LogP contribution in [0.1, 0.15) is 30.9 Å². The van der Waals surface area contributed by atoms with Gasteiger partial charge >= 0.3 is 6.09 Å². The molecule has 1 aromatic carbocycles. The number of benzene rings is 1. The van der Waals surface area contributed by atoms with Crippen molar-refractivity contribution in [1.82, 2.24) is 4.90 Å². The van der Waals surface area contributed by atoms with Gasteiger partial charge in [-0.3, -0.25) is 0 Å². The Morgan fingerprint density at radius 3 is 2.74 bits per heavy atom. The lowest BCUT2D eigenvalue weighted by Gasteiger charge is -2.46. The summed E-state index contributed by atoms with van der Waals surface area (Å²) < 4.78 is 5.12. The molecule has 1 fully saturated rings.